The fourth-order valence-electron chi connectivity index (χ4n) is 2.46. The van der Waals surface area contributed by atoms with Crippen LogP contribution < -0.4 is 9.80 Å². The van der Waals surface area contributed by atoms with Crippen LogP contribution in [0.5, 0.6) is 0 Å². The van der Waals surface area contributed by atoms with Crippen molar-refractivity contribution in [1.29, 1.82) is 0 Å². The largest absolute Gasteiger partial charge is 0.338 e. The second-order valence-electron chi connectivity index (χ2n) is 6.30. The minimum atomic E-state index is -0.299. The molecule has 2 aromatic carbocycles. The van der Waals surface area contributed by atoms with Crippen molar-refractivity contribution in [1.82, 2.24) is 4.98 Å². The maximum absolute atomic E-state index is 13.5. The Morgan fingerprint density at radius 3 is 2.73 bits per heavy atom. The van der Waals surface area contributed by atoms with Gasteiger partial charge in [-0.1, -0.05) is 41.7 Å². The maximum atomic E-state index is 13.5. The number of rotatable bonds is 6. The zero-order chi connectivity index (χ0) is 18.5. The van der Waals surface area contributed by atoms with Crippen LogP contribution >= 0.6 is 11.3 Å². The van der Waals surface area contributed by atoms with Crippen LogP contribution in [0, 0.1) is 5.82 Å². The molecule has 3 rings (SSSR count). The standard InChI is InChI=1S/C20H20FN3OS/c1-23(2)12-13-24(19(25)11-8-15-6-4-3-5-7-15)20-22-17-10-9-16(21)14-18(17)26-20/h3-11,14H,12-13H2,1-2H3/p+1/b11-8+. The number of nitrogens with one attached hydrogen (secondary N) is 1. The summed E-state index contributed by atoms with van der Waals surface area (Å²) in [6.45, 7) is 1.33. The molecule has 0 fully saturated rings. The number of fused-ring (bicyclic) bond motifs is 1. The van der Waals surface area contributed by atoms with Gasteiger partial charge >= 0.3 is 0 Å². The van der Waals surface area contributed by atoms with Crippen molar-refractivity contribution < 1.29 is 14.1 Å². The van der Waals surface area contributed by atoms with E-state index in [9.17, 15) is 9.18 Å². The second-order valence-corrected chi connectivity index (χ2v) is 7.31. The lowest BCUT2D eigenvalue weighted by molar-refractivity contribution is -0.856. The van der Waals surface area contributed by atoms with Gasteiger partial charge in [-0.15, -0.1) is 0 Å². The number of hydrogen-bond acceptors (Lipinski definition) is 3. The van der Waals surface area contributed by atoms with Gasteiger partial charge in [0.1, 0.15) is 5.82 Å². The number of halogens is 1. The van der Waals surface area contributed by atoms with E-state index < -0.39 is 0 Å². The minimum Gasteiger partial charge on any atom is -0.338 e. The lowest BCUT2D eigenvalue weighted by atomic mass is 10.2. The molecular formula is C20H21FN3OS+. The van der Waals surface area contributed by atoms with Crippen LogP contribution in [0.1, 0.15) is 5.56 Å². The Balaban J connectivity index is 1.87. The average molecular weight is 370 g/mol. The third-order valence-electron chi connectivity index (χ3n) is 3.89. The van der Waals surface area contributed by atoms with E-state index >= 15 is 0 Å². The van der Waals surface area contributed by atoms with E-state index in [1.54, 1.807) is 23.1 Å². The summed E-state index contributed by atoms with van der Waals surface area (Å²) < 4.78 is 14.2. The molecule has 134 valence electrons. The summed E-state index contributed by atoms with van der Waals surface area (Å²) >= 11 is 1.33. The molecule has 4 nitrogen and oxygen atoms in total. The summed E-state index contributed by atoms with van der Waals surface area (Å²) in [6.07, 6.45) is 3.36. The summed E-state index contributed by atoms with van der Waals surface area (Å²) in [6, 6.07) is 14.2. The Bertz CT molecular complexity index is 921. The fraction of sp³-hybridized carbons (Fsp3) is 0.200. The first-order valence-corrected chi connectivity index (χ1v) is 9.24. The zero-order valence-corrected chi connectivity index (χ0v) is 15.6. The van der Waals surface area contributed by atoms with Crippen molar-refractivity contribution in [3.63, 3.8) is 0 Å². The molecule has 0 saturated heterocycles. The van der Waals surface area contributed by atoms with Gasteiger partial charge in [-0.2, -0.15) is 0 Å². The molecule has 0 radical (unpaired) electrons. The monoisotopic (exact) mass is 370 g/mol. The molecule has 0 atom stereocenters. The molecule has 0 aliphatic heterocycles. The molecule has 1 amide bonds. The topological polar surface area (TPSA) is 37.6 Å². The summed E-state index contributed by atoms with van der Waals surface area (Å²) in [4.78, 5) is 20.2. The Morgan fingerprint density at radius 2 is 2.00 bits per heavy atom. The molecule has 0 aliphatic carbocycles. The summed E-state index contributed by atoms with van der Waals surface area (Å²) in [7, 11) is 4.08. The van der Waals surface area contributed by atoms with E-state index in [2.05, 4.69) is 4.98 Å². The zero-order valence-electron chi connectivity index (χ0n) is 14.8. The first kappa shape index (κ1) is 18.2. The van der Waals surface area contributed by atoms with Crippen molar-refractivity contribution >= 4 is 38.7 Å². The molecule has 26 heavy (non-hydrogen) atoms. The molecular weight excluding hydrogens is 349 g/mol. The highest BCUT2D eigenvalue weighted by atomic mass is 32.1. The van der Waals surface area contributed by atoms with Gasteiger partial charge in [0.25, 0.3) is 5.91 Å². The van der Waals surface area contributed by atoms with Crippen molar-refractivity contribution in [2.75, 3.05) is 32.1 Å². The van der Waals surface area contributed by atoms with E-state index in [-0.39, 0.29) is 11.7 Å². The van der Waals surface area contributed by atoms with Gasteiger partial charge in [-0.3, -0.25) is 9.69 Å². The Kier molecular flexibility index (Phi) is 5.75. The number of thiazole rings is 1. The van der Waals surface area contributed by atoms with E-state index in [4.69, 9.17) is 0 Å². The molecule has 1 aromatic heterocycles. The van der Waals surface area contributed by atoms with Crippen LogP contribution in [0.4, 0.5) is 9.52 Å². The SMILES string of the molecule is C[NH+](C)CCN(C(=O)/C=C/c1ccccc1)c1nc2ccc(F)cc2s1. The van der Waals surface area contributed by atoms with E-state index in [0.29, 0.717) is 17.2 Å². The Hall–Kier alpha value is -2.57. The molecule has 0 spiro atoms. The van der Waals surface area contributed by atoms with Gasteiger partial charge in [0.15, 0.2) is 5.13 Å². The number of quaternary nitrogens is 1. The lowest BCUT2D eigenvalue weighted by Gasteiger charge is -2.19. The third-order valence-corrected chi connectivity index (χ3v) is 4.93. The van der Waals surface area contributed by atoms with Gasteiger partial charge in [0.2, 0.25) is 0 Å². The summed E-state index contributed by atoms with van der Waals surface area (Å²) in [5, 5.41) is 0.592. The Labute approximate surface area is 156 Å². The molecule has 0 saturated carbocycles. The van der Waals surface area contributed by atoms with Crippen LogP contribution in [0.15, 0.2) is 54.6 Å². The summed E-state index contributed by atoms with van der Waals surface area (Å²) in [5.41, 5.74) is 1.67. The second kappa shape index (κ2) is 8.21. The lowest BCUT2D eigenvalue weighted by Crippen LogP contribution is -3.06. The van der Waals surface area contributed by atoms with Crippen LogP contribution in [0.2, 0.25) is 0 Å². The van der Waals surface area contributed by atoms with Gasteiger partial charge in [0.05, 0.1) is 37.4 Å². The Morgan fingerprint density at radius 1 is 1.23 bits per heavy atom. The average Bonchev–Trinajstić information content (AvgIpc) is 3.03. The minimum absolute atomic E-state index is 0.130. The first-order chi connectivity index (χ1) is 12.5. The highest BCUT2D eigenvalue weighted by Crippen LogP contribution is 2.29. The number of nitrogens with zero attached hydrogens (tertiary/aromatic N) is 2. The molecule has 3 aromatic rings. The number of carbonyl (C=O) groups excluding carboxylic acids is 1. The maximum Gasteiger partial charge on any atom is 0.252 e. The number of amides is 1. The third kappa shape index (κ3) is 4.53. The van der Waals surface area contributed by atoms with E-state index in [0.717, 1.165) is 16.8 Å². The van der Waals surface area contributed by atoms with E-state index in [1.165, 1.54) is 28.4 Å². The molecule has 0 aliphatic rings. The number of carbonyl (C=O) groups is 1. The first-order valence-electron chi connectivity index (χ1n) is 8.42. The number of likely N-dealkylation sites (N-methyl/N-ethyl adjacent to an activating group) is 1. The number of benzene rings is 2. The van der Waals surface area contributed by atoms with Crippen LogP contribution in [0.25, 0.3) is 16.3 Å². The highest BCUT2D eigenvalue weighted by Gasteiger charge is 2.19. The number of anilines is 1. The number of aromatic nitrogens is 1. The van der Waals surface area contributed by atoms with Gasteiger partial charge < -0.3 is 4.90 Å². The summed E-state index contributed by atoms with van der Waals surface area (Å²) in [5.74, 6) is -0.429. The van der Waals surface area contributed by atoms with Crippen molar-refractivity contribution in [2.45, 2.75) is 0 Å². The van der Waals surface area contributed by atoms with Crippen molar-refractivity contribution in [3.8, 4) is 0 Å². The normalized spacial score (nSPS) is 11.5. The van der Waals surface area contributed by atoms with Crippen molar-refractivity contribution in [2.24, 2.45) is 0 Å². The quantitative estimate of drug-likeness (QED) is 0.678. The van der Waals surface area contributed by atoms with Gasteiger partial charge in [-0.25, -0.2) is 9.37 Å². The highest BCUT2D eigenvalue weighted by molar-refractivity contribution is 7.22. The molecule has 0 bridgehead atoms. The predicted octanol–water partition coefficient (Wildman–Crippen LogP) is 2.63. The van der Waals surface area contributed by atoms with Gasteiger partial charge in [-0.05, 0) is 29.8 Å². The number of hydrogen-bond donors (Lipinski definition) is 1. The van der Waals surface area contributed by atoms with Crippen LogP contribution in [0.3, 0.4) is 0 Å². The van der Waals surface area contributed by atoms with Crippen LogP contribution in [-0.2, 0) is 4.79 Å². The predicted molar refractivity (Wildman–Crippen MR) is 105 cm³/mol. The van der Waals surface area contributed by atoms with Crippen molar-refractivity contribution in [3.05, 3.63) is 66.0 Å². The van der Waals surface area contributed by atoms with E-state index in [1.807, 2.05) is 44.4 Å². The van der Waals surface area contributed by atoms with Crippen LogP contribution in [-0.4, -0.2) is 38.1 Å². The smallest absolute Gasteiger partial charge is 0.252 e. The molecule has 0 unspecified atom stereocenters. The fourth-order valence-corrected chi connectivity index (χ4v) is 3.48. The molecule has 6 heteroatoms. The molecule has 1 heterocycles. The van der Waals surface area contributed by atoms with Gasteiger partial charge in [0, 0.05) is 6.08 Å². The molecule has 1 N–H and O–H groups in total.